The first-order valence-electron chi connectivity index (χ1n) is 4.90. The van der Waals surface area contributed by atoms with Crippen LogP contribution in [0.15, 0.2) is 16.6 Å². The quantitative estimate of drug-likeness (QED) is 0.927. The van der Waals surface area contributed by atoms with E-state index in [2.05, 4.69) is 15.9 Å². The molecule has 1 aliphatic rings. The number of aryl methyl sites for hydroxylation is 1. The largest absolute Gasteiger partial charge is 0.481 e. The Morgan fingerprint density at radius 1 is 1.50 bits per heavy atom. The van der Waals surface area contributed by atoms with Crippen molar-refractivity contribution in [3.8, 4) is 5.75 Å². The summed E-state index contributed by atoms with van der Waals surface area (Å²) in [7, 11) is 0. The number of carboxylic acids is 1. The SMILES string of the molecule is O=C(O)CCc1cc(Br)cc2c1OCOC2. The molecule has 2 rings (SSSR count). The molecule has 0 bridgehead atoms. The van der Waals surface area contributed by atoms with Gasteiger partial charge < -0.3 is 14.6 Å². The Labute approximate surface area is 101 Å². The molecule has 1 aliphatic heterocycles. The van der Waals surface area contributed by atoms with Gasteiger partial charge in [0.25, 0.3) is 0 Å². The van der Waals surface area contributed by atoms with Crippen LogP contribution in [-0.4, -0.2) is 17.9 Å². The second kappa shape index (κ2) is 4.84. The molecule has 0 unspecified atom stereocenters. The van der Waals surface area contributed by atoms with Crippen molar-refractivity contribution in [2.75, 3.05) is 6.79 Å². The second-order valence-corrected chi connectivity index (χ2v) is 4.47. The standard InChI is InChI=1S/C11H11BrO4/c12-9-3-7(1-2-10(13)14)11-8(4-9)5-15-6-16-11/h3-4H,1-2,5-6H2,(H,13,14). The molecule has 0 saturated heterocycles. The average molecular weight is 287 g/mol. The third-order valence-electron chi connectivity index (χ3n) is 2.36. The van der Waals surface area contributed by atoms with E-state index in [0.717, 1.165) is 21.3 Å². The Kier molecular flexibility index (Phi) is 3.46. The van der Waals surface area contributed by atoms with Crippen LogP contribution in [0.3, 0.4) is 0 Å². The van der Waals surface area contributed by atoms with Crippen molar-refractivity contribution in [3.05, 3.63) is 27.7 Å². The maximum absolute atomic E-state index is 10.5. The van der Waals surface area contributed by atoms with Crippen molar-refractivity contribution >= 4 is 21.9 Å². The van der Waals surface area contributed by atoms with Crippen LogP contribution in [0.5, 0.6) is 5.75 Å². The Morgan fingerprint density at radius 2 is 2.31 bits per heavy atom. The summed E-state index contributed by atoms with van der Waals surface area (Å²) >= 11 is 3.39. The number of hydrogen-bond acceptors (Lipinski definition) is 3. The van der Waals surface area contributed by atoms with E-state index in [1.807, 2.05) is 12.1 Å². The lowest BCUT2D eigenvalue weighted by Gasteiger charge is -2.20. The van der Waals surface area contributed by atoms with Gasteiger partial charge in [-0.2, -0.15) is 0 Å². The fourth-order valence-electron chi connectivity index (χ4n) is 1.68. The fraction of sp³-hybridized carbons (Fsp3) is 0.364. The molecule has 0 amide bonds. The Morgan fingerprint density at radius 3 is 3.06 bits per heavy atom. The highest BCUT2D eigenvalue weighted by Crippen LogP contribution is 2.32. The van der Waals surface area contributed by atoms with Crippen LogP contribution in [0.2, 0.25) is 0 Å². The summed E-state index contributed by atoms with van der Waals surface area (Å²) in [6.45, 7) is 0.740. The molecule has 4 nitrogen and oxygen atoms in total. The summed E-state index contributed by atoms with van der Waals surface area (Å²) in [5.41, 5.74) is 1.87. The van der Waals surface area contributed by atoms with Gasteiger partial charge in [0, 0.05) is 16.5 Å². The van der Waals surface area contributed by atoms with Crippen molar-refractivity contribution in [1.82, 2.24) is 0 Å². The molecule has 86 valence electrons. The van der Waals surface area contributed by atoms with E-state index < -0.39 is 5.97 Å². The number of rotatable bonds is 3. The molecule has 0 aromatic heterocycles. The molecule has 1 N–H and O–H groups in total. The van der Waals surface area contributed by atoms with E-state index in [1.54, 1.807) is 0 Å². The van der Waals surface area contributed by atoms with Crippen molar-refractivity contribution < 1.29 is 19.4 Å². The number of hydrogen-bond donors (Lipinski definition) is 1. The van der Waals surface area contributed by atoms with Crippen LogP contribution < -0.4 is 4.74 Å². The second-order valence-electron chi connectivity index (χ2n) is 3.56. The van der Waals surface area contributed by atoms with Crippen LogP contribution >= 0.6 is 15.9 Å². The van der Waals surface area contributed by atoms with E-state index in [9.17, 15) is 4.79 Å². The van der Waals surface area contributed by atoms with Crippen LogP contribution in [0.4, 0.5) is 0 Å². The van der Waals surface area contributed by atoms with E-state index in [1.165, 1.54) is 0 Å². The van der Waals surface area contributed by atoms with Gasteiger partial charge >= 0.3 is 5.97 Å². The van der Waals surface area contributed by atoms with Gasteiger partial charge in [0.15, 0.2) is 6.79 Å². The minimum Gasteiger partial charge on any atom is -0.481 e. The molecule has 0 radical (unpaired) electrons. The van der Waals surface area contributed by atoms with Gasteiger partial charge in [-0.3, -0.25) is 4.79 Å². The highest BCUT2D eigenvalue weighted by molar-refractivity contribution is 9.10. The fourth-order valence-corrected chi connectivity index (χ4v) is 2.24. The first-order valence-corrected chi connectivity index (χ1v) is 5.70. The maximum atomic E-state index is 10.5. The number of carboxylic acid groups (broad SMARTS) is 1. The molecule has 0 aliphatic carbocycles. The molecule has 0 atom stereocenters. The molecule has 0 fully saturated rings. The Hall–Kier alpha value is -1.07. The van der Waals surface area contributed by atoms with Gasteiger partial charge in [-0.15, -0.1) is 0 Å². The molecular formula is C11H11BrO4. The topological polar surface area (TPSA) is 55.8 Å². The number of ether oxygens (including phenoxy) is 2. The zero-order valence-corrected chi connectivity index (χ0v) is 10.1. The van der Waals surface area contributed by atoms with E-state index in [4.69, 9.17) is 14.6 Å². The average Bonchev–Trinajstić information content (AvgIpc) is 2.25. The van der Waals surface area contributed by atoms with Crippen LogP contribution in [0, 0.1) is 0 Å². The summed E-state index contributed by atoms with van der Waals surface area (Å²) in [6, 6.07) is 3.83. The van der Waals surface area contributed by atoms with E-state index in [0.29, 0.717) is 13.0 Å². The smallest absolute Gasteiger partial charge is 0.303 e. The lowest BCUT2D eigenvalue weighted by atomic mass is 10.0. The Bertz CT molecular complexity index is 417. The lowest BCUT2D eigenvalue weighted by Crippen LogP contribution is -2.13. The Balaban J connectivity index is 2.28. The normalized spacial score (nSPS) is 14.1. The number of fused-ring (bicyclic) bond motifs is 1. The third-order valence-corrected chi connectivity index (χ3v) is 2.82. The molecular weight excluding hydrogens is 276 g/mol. The highest BCUT2D eigenvalue weighted by Gasteiger charge is 2.16. The van der Waals surface area contributed by atoms with Crippen LogP contribution in [0.25, 0.3) is 0 Å². The molecule has 16 heavy (non-hydrogen) atoms. The van der Waals surface area contributed by atoms with Crippen molar-refractivity contribution in [3.63, 3.8) is 0 Å². The van der Waals surface area contributed by atoms with Gasteiger partial charge in [0.05, 0.1) is 6.61 Å². The molecule has 5 heteroatoms. The molecule has 0 saturated carbocycles. The predicted octanol–water partition coefficient (Wildman–Crippen LogP) is 2.33. The molecule has 1 heterocycles. The minimum absolute atomic E-state index is 0.104. The lowest BCUT2D eigenvalue weighted by molar-refractivity contribution is -0.136. The first kappa shape index (κ1) is 11.4. The van der Waals surface area contributed by atoms with E-state index >= 15 is 0 Å². The van der Waals surface area contributed by atoms with E-state index in [-0.39, 0.29) is 13.2 Å². The highest BCUT2D eigenvalue weighted by atomic mass is 79.9. The monoisotopic (exact) mass is 286 g/mol. The van der Waals surface area contributed by atoms with Gasteiger partial charge in [0.1, 0.15) is 5.75 Å². The minimum atomic E-state index is -0.805. The summed E-state index contributed by atoms with van der Waals surface area (Å²) in [4.78, 5) is 10.5. The van der Waals surface area contributed by atoms with Crippen LogP contribution in [-0.2, 0) is 22.6 Å². The number of benzene rings is 1. The van der Waals surface area contributed by atoms with Crippen molar-refractivity contribution in [2.45, 2.75) is 19.4 Å². The first-order chi connectivity index (χ1) is 7.66. The number of aliphatic carboxylic acids is 1. The third kappa shape index (κ3) is 2.54. The predicted molar refractivity (Wildman–Crippen MR) is 60.4 cm³/mol. The van der Waals surface area contributed by atoms with Crippen molar-refractivity contribution in [1.29, 1.82) is 0 Å². The van der Waals surface area contributed by atoms with Crippen LogP contribution in [0.1, 0.15) is 17.5 Å². The zero-order chi connectivity index (χ0) is 11.5. The zero-order valence-electron chi connectivity index (χ0n) is 8.53. The number of carbonyl (C=O) groups is 1. The molecule has 1 aromatic rings. The summed E-state index contributed by atoms with van der Waals surface area (Å²) in [5, 5.41) is 8.67. The molecule has 0 spiro atoms. The summed E-state index contributed by atoms with van der Waals surface area (Å²) in [6.07, 6.45) is 0.574. The van der Waals surface area contributed by atoms with Gasteiger partial charge in [-0.05, 0) is 24.1 Å². The van der Waals surface area contributed by atoms with Crippen molar-refractivity contribution in [2.24, 2.45) is 0 Å². The van der Waals surface area contributed by atoms with Gasteiger partial charge in [0.2, 0.25) is 0 Å². The summed E-state index contributed by atoms with van der Waals surface area (Å²) < 4.78 is 11.5. The maximum Gasteiger partial charge on any atom is 0.303 e. The van der Waals surface area contributed by atoms with Gasteiger partial charge in [-0.1, -0.05) is 15.9 Å². The number of halogens is 1. The molecule has 1 aromatic carbocycles. The van der Waals surface area contributed by atoms with Gasteiger partial charge in [-0.25, -0.2) is 0 Å². The summed E-state index contributed by atoms with van der Waals surface area (Å²) in [5.74, 6) is -0.0310.